The van der Waals surface area contributed by atoms with Crippen molar-refractivity contribution in [3.05, 3.63) is 65.2 Å². The Labute approximate surface area is 162 Å². The van der Waals surface area contributed by atoms with Crippen LogP contribution in [-0.4, -0.2) is 19.0 Å². The second-order valence-electron chi connectivity index (χ2n) is 6.37. The molecule has 0 heterocycles. The molecule has 0 aromatic heterocycles. The number of halogens is 3. The Hall–Kier alpha value is -2.85. The number of rotatable bonds is 7. The van der Waals surface area contributed by atoms with Crippen LogP contribution in [0.15, 0.2) is 48.5 Å². The van der Waals surface area contributed by atoms with Gasteiger partial charge in [-0.1, -0.05) is 37.3 Å². The van der Waals surface area contributed by atoms with Crippen LogP contribution in [0, 0.1) is 11.3 Å². The summed E-state index contributed by atoms with van der Waals surface area (Å²) in [6, 6.07) is 13.5. The Morgan fingerprint density at radius 1 is 1.21 bits per heavy atom. The molecular weight excluding hydrogens is 367 g/mol. The summed E-state index contributed by atoms with van der Waals surface area (Å²) in [6.07, 6.45) is -3.86. The van der Waals surface area contributed by atoms with E-state index in [2.05, 4.69) is 5.32 Å². The van der Waals surface area contributed by atoms with Gasteiger partial charge in [0.15, 0.2) is 0 Å². The molecule has 0 aliphatic rings. The minimum atomic E-state index is -4.69. The van der Waals surface area contributed by atoms with Crippen molar-refractivity contribution in [2.24, 2.45) is 0 Å². The van der Waals surface area contributed by atoms with E-state index in [0.29, 0.717) is 6.54 Å². The van der Waals surface area contributed by atoms with Gasteiger partial charge in [-0.05, 0) is 43.7 Å². The van der Waals surface area contributed by atoms with Crippen molar-refractivity contribution in [2.75, 3.05) is 18.0 Å². The highest BCUT2D eigenvalue weighted by Crippen LogP contribution is 2.36. The molecule has 28 heavy (non-hydrogen) atoms. The minimum absolute atomic E-state index is 0.00632. The molecule has 148 valence electrons. The van der Waals surface area contributed by atoms with E-state index in [4.69, 9.17) is 5.26 Å². The number of carbonyl (C=O) groups excluding carboxylic acids is 1. The number of benzene rings is 2. The van der Waals surface area contributed by atoms with Gasteiger partial charge in [0.2, 0.25) is 5.91 Å². The number of hydrogen-bond donors (Lipinski definition) is 1. The van der Waals surface area contributed by atoms with Crippen LogP contribution < -0.4 is 10.2 Å². The number of alkyl halides is 3. The smallest absolute Gasteiger partial charge is 0.308 e. The molecular formula is C21H22F3N3O. The highest BCUT2D eigenvalue weighted by Gasteiger charge is 2.35. The molecule has 1 atom stereocenters. The van der Waals surface area contributed by atoms with Gasteiger partial charge in [-0.3, -0.25) is 4.79 Å². The van der Waals surface area contributed by atoms with E-state index in [1.807, 2.05) is 37.3 Å². The molecule has 0 aliphatic carbocycles. The van der Waals surface area contributed by atoms with E-state index in [1.165, 1.54) is 11.0 Å². The quantitative estimate of drug-likeness (QED) is 0.700. The highest BCUT2D eigenvalue weighted by atomic mass is 19.4. The van der Waals surface area contributed by atoms with Crippen LogP contribution in [0.4, 0.5) is 18.9 Å². The van der Waals surface area contributed by atoms with Crippen molar-refractivity contribution < 1.29 is 18.0 Å². The molecule has 2 aromatic carbocycles. The van der Waals surface area contributed by atoms with Crippen molar-refractivity contribution in [1.82, 2.24) is 5.32 Å². The first-order valence-electron chi connectivity index (χ1n) is 8.98. The lowest BCUT2D eigenvalue weighted by molar-refractivity contribution is -0.137. The third-order valence-corrected chi connectivity index (χ3v) is 4.35. The van der Waals surface area contributed by atoms with E-state index in [0.717, 1.165) is 24.1 Å². The normalized spacial score (nSPS) is 12.3. The molecule has 0 unspecified atom stereocenters. The van der Waals surface area contributed by atoms with Crippen LogP contribution in [0.25, 0.3) is 0 Å². The largest absolute Gasteiger partial charge is 0.417 e. The maximum absolute atomic E-state index is 13.4. The van der Waals surface area contributed by atoms with Gasteiger partial charge in [-0.2, -0.15) is 18.4 Å². The average Bonchev–Trinajstić information content (AvgIpc) is 2.68. The zero-order chi connectivity index (χ0) is 20.7. The predicted molar refractivity (Wildman–Crippen MR) is 102 cm³/mol. The lowest BCUT2D eigenvalue weighted by Crippen LogP contribution is -2.40. The molecule has 7 heteroatoms. The number of hydrogen-bond acceptors (Lipinski definition) is 3. The van der Waals surface area contributed by atoms with Gasteiger partial charge in [-0.15, -0.1) is 0 Å². The van der Waals surface area contributed by atoms with E-state index >= 15 is 0 Å². The fourth-order valence-corrected chi connectivity index (χ4v) is 2.94. The molecule has 0 fully saturated rings. The van der Waals surface area contributed by atoms with Gasteiger partial charge in [0.25, 0.3) is 0 Å². The number of anilines is 1. The third kappa shape index (κ3) is 5.11. The van der Waals surface area contributed by atoms with E-state index in [9.17, 15) is 18.0 Å². The number of nitrogens with zero attached hydrogens (tertiary/aromatic N) is 2. The van der Waals surface area contributed by atoms with Crippen molar-refractivity contribution >= 4 is 11.6 Å². The van der Waals surface area contributed by atoms with Gasteiger partial charge in [-0.25, -0.2) is 0 Å². The molecule has 0 saturated heterocycles. The minimum Gasteiger partial charge on any atom is -0.308 e. The summed E-state index contributed by atoms with van der Waals surface area (Å²) in [7, 11) is 0. The van der Waals surface area contributed by atoms with Gasteiger partial charge >= 0.3 is 6.18 Å². The van der Waals surface area contributed by atoms with Gasteiger partial charge in [0.1, 0.15) is 0 Å². The predicted octanol–water partition coefficient (Wildman–Crippen LogP) is 4.67. The molecule has 4 nitrogen and oxygen atoms in total. The molecule has 0 saturated carbocycles. The van der Waals surface area contributed by atoms with Crippen molar-refractivity contribution in [2.45, 2.75) is 32.5 Å². The number of nitriles is 1. The monoisotopic (exact) mass is 389 g/mol. The topological polar surface area (TPSA) is 56.1 Å². The van der Waals surface area contributed by atoms with Gasteiger partial charge < -0.3 is 10.2 Å². The van der Waals surface area contributed by atoms with Gasteiger partial charge in [0, 0.05) is 5.69 Å². The second-order valence-corrected chi connectivity index (χ2v) is 6.37. The lowest BCUT2D eigenvalue weighted by atomic mass is 10.0. The Morgan fingerprint density at radius 2 is 1.89 bits per heavy atom. The number of carbonyl (C=O) groups is 1. The molecule has 0 spiro atoms. The van der Waals surface area contributed by atoms with Crippen LogP contribution in [0.2, 0.25) is 0 Å². The average molecular weight is 389 g/mol. The van der Waals surface area contributed by atoms with Crippen LogP contribution >= 0.6 is 0 Å². The Balaban J connectivity index is 2.49. The molecule has 0 aliphatic heterocycles. The maximum atomic E-state index is 13.4. The molecule has 2 rings (SSSR count). The summed E-state index contributed by atoms with van der Waals surface area (Å²) < 4.78 is 40.2. The first-order valence-corrected chi connectivity index (χ1v) is 8.98. The second kappa shape index (κ2) is 9.38. The van der Waals surface area contributed by atoms with Crippen LogP contribution in [0.3, 0.4) is 0 Å². The Morgan fingerprint density at radius 3 is 2.46 bits per heavy atom. The van der Waals surface area contributed by atoms with E-state index < -0.39 is 23.3 Å². The summed E-state index contributed by atoms with van der Waals surface area (Å²) in [6.45, 7) is 4.35. The SMILES string of the molecule is CCCNCC(=O)N(c1ccc(C#N)c(C(F)(F)F)c1)[C@H](C)c1ccccc1. The van der Waals surface area contributed by atoms with Crippen LogP contribution in [0.5, 0.6) is 0 Å². The van der Waals surface area contributed by atoms with E-state index in [1.54, 1.807) is 13.0 Å². The zero-order valence-electron chi connectivity index (χ0n) is 15.8. The molecule has 0 bridgehead atoms. The van der Waals surface area contributed by atoms with Crippen molar-refractivity contribution in [1.29, 1.82) is 5.26 Å². The molecule has 0 radical (unpaired) electrons. The van der Waals surface area contributed by atoms with Gasteiger partial charge in [0.05, 0.1) is 29.8 Å². The summed E-state index contributed by atoms with van der Waals surface area (Å²) in [5.41, 5.74) is -0.623. The zero-order valence-corrected chi connectivity index (χ0v) is 15.8. The lowest BCUT2D eigenvalue weighted by Gasteiger charge is -2.30. The van der Waals surface area contributed by atoms with Crippen molar-refractivity contribution in [3.63, 3.8) is 0 Å². The fourth-order valence-electron chi connectivity index (χ4n) is 2.94. The number of amides is 1. The first-order chi connectivity index (χ1) is 13.3. The number of nitrogens with one attached hydrogen (secondary N) is 1. The molecule has 1 N–H and O–H groups in total. The Bertz CT molecular complexity index is 844. The summed E-state index contributed by atoms with van der Waals surface area (Å²) >= 11 is 0. The maximum Gasteiger partial charge on any atom is 0.417 e. The summed E-state index contributed by atoms with van der Waals surface area (Å²) in [5, 5.41) is 12.0. The summed E-state index contributed by atoms with van der Waals surface area (Å²) in [5.74, 6) is -0.345. The first kappa shape index (κ1) is 21.5. The van der Waals surface area contributed by atoms with E-state index in [-0.39, 0.29) is 18.1 Å². The Kier molecular flexibility index (Phi) is 7.18. The summed E-state index contributed by atoms with van der Waals surface area (Å²) in [4.78, 5) is 14.2. The van der Waals surface area contributed by atoms with Crippen LogP contribution in [-0.2, 0) is 11.0 Å². The third-order valence-electron chi connectivity index (χ3n) is 4.35. The van der Waals surface area contributed by atoms with Crippen LogP contribution in [0.1, 0.15) is 43.0 Å². The molecule has 1 amide bonds. The van der Waals surface area contributed by atoms with Crippen molar-refractivity contribution in [3.8, 4) is 6.07 Å². The fraction of sp³-hybridized carbons (Fsp3) is 0.333. The highest BCUT2D eigenvalue weighted by molar-refractivity contribution is 5.95. The standard InChI is InChI=1S/C21H22F3N3O/c1-3-11-26-14-20(28)27(15(2)16-7-5-4-6-8-16)18-10-9-17(13-25)19(12-18)21(22,23)24/h4-10,12,15,26H,3,11,14H2,1-2H3/t15-/m1/s1. The molecule has 2 aromatic rings.